The third-order valence-electron chi connectivity index (χ3n) is 4.75. The quantitative estimate of drug-likeness (QED) is 0.365. The number of ether oxygens (including phenoxy) is 1. The van der Waals surface area contributed by atoms with Crippen LogP contribution in [0, 0.1) is 0 Å². The highest BCUT2D eigenvalue weighted by atomic mass is 16.5. The fourth-order valence-corrected chi connectivity index (χ4v) is 3.03. The van der Waals surface area contributed by atoms with Gasteiger partial charge in [-0.1, -0.05) is 36.4 Å². The van der Waals surface area contributed by atoms with Crippen molar-refractivity contribution >= 4 is 29.0 Å². The Bertz CT molecular complexity index is 1060. The zero-order valence-electron chi connectivity index (χ0n) is 16.7. The molecule has 30 heavy (non-hydrogen) atoms. The van der Waals surface area contributed by atoms with Crippen molar-refractivity contribution in [3.05, 3.63) is 90.0 Å². The van der Waals surface area contributed by atoms with E-state index < -0.39 is 0 Å². The summed E-state index contributed by atoms with van der Waals surface area (Å²) in [6, 6.07) is 23.3. The summed E-state index contributed by atoms with van der Waals surface area (Å²) < 4.78 is 5.85. The molecule has 0 unspecified atom stereocenters. The molecule has 0 heterocycles. The first kappa shape index (κ1) is 19.6. The molecule has 0 aromatic heterocycles. The molecule has 1 fully saturated rings. The molecule has 152 valence electrons. The van der Waals surface area contributed by atoms with Gasteiger partial charge in [0.05, 0.1) is 17.5 Å². The smallest absolute Gasteiger partial charge is 0.248 e. The molecule has 1 saturated carbocycles. The largest absolute Gasteiger partial charge is 0.490 e. The Morgan fingerprint density at radius 1 is 1.03 bits per heavy atom. The standard InChI is InChI=1S/C25H25N3O2/c26-23-9-1-2-10-24(23)28-25(29)14-11-18-5-3-6-19(15-18)17-27-20-7-4-8-22(16-20)30-21-12-13-21/h1-11,14-16,21,27H,12-13,17,26H2,(H,28,29)/b14-11+. The van der Waals surface area contributed by atoms with Gasteiger partial charge in [0.25, 0.3) is 0 Å². The van der Waals surface area contributed by atoms with E-state index in [2.05, 4.69) is 22.8 Å². The first-order valence-electron chi connectivity index (χ1n) is 10.1. The van der Waals surface area contributed by atoms with Crippen molar-refractivity contribution in [3.8, 4) is 5.75 Å². The van der Waals surface area contributed by atoms with Crippen molar-refractivity contribution in [2.24, 2.45) is 0 Å². The minimum absolute atomic E-state index is 0.219. The highest BCUT2D eigenvalue weighted by molar-refractivity contribution is 6.03. The van der Waals surface area contributed by atoms with Gasteiger partial charge in [0, 0.05) is 24.4 Å². The van der Waals surface area contributed by atoms with E-state index in [0.717, 1.165) is 35.4 Å². The lowest BCUT2D eigenvalue weighted by atomic mass is 10.1. The second kappa shape index (κ2) is 9.18. The van der Waals surface area contributed by atoms with Crippen LogP contribution in [0.25, 0.3) is 6.08 Å². The van der Waals surface area contributed by atoms with E-state index in [4.69, 9.17) is 10.5 Å². The Kier molecular flexibility index (Phi) is 5.99. The molecule has 0 atom stereocenters. The lowest BCUT2D eigenvalue weighted by Crippen LogP contribution is -2.09. The monoisotopic (exact) mass is 399 g/mol. The summed E-state index contributed by atoms with van der Waals surface area (Å²) in [6.45, 7) is 0.682. The maximum atomic E-state index is 12.2. The fraction of sp³-hybridized carbons (Fsp3) is 0.160. The molecule has 0 saturated heterocycles. The Morgan fingerprint density at radius 2 is 1.87 bits per heavy atom. The van der Waals surface area contributed by atoms with Crippen LogP contribution in [-0.2, 0) is 11.3 Å². The number of hydrogen-bond acceptors (Lipinski definition) is 4. The van der Waals surface area contributed by atoms with Crippen molar-refractivity contribution in [2.45, 2.75) is 25.5 Å². The highest BCUT2D eigenvalue weighted by Gasteiger charge is 2.23. The molecule has 5 nitrogen and oxygen atoms in total. The maximum Gasteiger partial charge on any atom is 0.248 e. The first-order valence-corrected chi connectivity index (χ1v) is 10.1. The number of nitrogens with one attached hydrogen (secondary N) is 2. The minimum atomic E-state index is -0.219. The van der Waals surface area contributed by atoms with Gasteiger partial charge in [-0.25, -0.2) is 0 Å². The average Bonchev–Trinajstić information content (AvgIpc) is 3.57. The molecule has 0 aliphatic heterocycles. The molecule has 5 heteroatoms. The number of rotatable bonds is 8. The number of para-hydroxylation sites is 2. The van der Waals surface area contributed by atoms with Gasteiger partial charge in [-0.05, 0) is 60.4 Å². The van der Waals surface area contributed by atoms with Gasteiger partial charge in [0.2, 0.25) is 5.91 Å². The minimum Gasteiger partial charge on any atom is -0.490 e. The van der Waals surface area contributed by atoms with Crippen molar-refractivity contribution < 1.29 is 9.53 Å². The summed E-state index contributed by atoms with van der Waals surface area (Å²) in [5.74, 6) is 0.688. The van der Waals surface area contributed by atoms with Crippen LogP contribution in [0.5, 0.6) is 5.75 Å². The molecule has 1 aliphatic carbocycles. The van der Waals surface area contributed by atoms with Crippen LogP contribution in [0.2, 0.25) is 0 Å². The topological polar surface area (TPSA) is 76.4 Å². The fourth-order valence-electron chi connectivity index (χ4n) is 3.03. The van der Waals surface area contributed by atoms with Crippen LogP contribution in [0.4, 0.5) is 17.1 Å². The summed E-state index contributed by atoms with van der Waals surface area (Å²) in [7, 11) is 0. The highest BCUT2D eigenvalue weighted by Crippen LogP contribution is 2.28. The van der Waals surface area contributed by atoms with Gasteiger partial charge in [0.15, 0.2) is 0 Å². The Balaban J connectivity index is 1.34. The van der Waals surface area contributed by atoms with Gasteiger partial charge >= 0.3 is 0 Å². The third-order valence-corrected chi connectivity index (χ3v) is 4.75. The van der Waals surface area contributed by atoms with Crippen LogP contribution >= 0.6 is 0 Å². The molecule has 0 bridgehead atoms. The number of carbonyl (C=O) groups excluding carboxylic acids is 1. The van der Waals surface area contributed by atoms with Crippen molar-refractivity contribution in [2.75, 3.05) is 16.4 Å². The van der Waals surface area contributed by atoms with E-state index in [0.29, 0.717) is 24.0 Å². The molecular weight excluding hydrogens is 374 g/mol. The Labute approximate surface area is 176 Å². The molecular formula is C25H25N3O2. The third kappa shape index (κ3) is 5.64. The summed E-state index contributed by atoms with van der Waals surface area (Å²) in [5.41, 5.74) is 10.1. The number of amides is 1. The predicted octanol–water partition coefficient (Wildman–Crippen LogP) is 5.07. The van der Waals surface area contributed by atoms with Gasteiger partial charge < -0.3 is 21.1 Å². The number of nitrogen functional groups attached to an aromatic ring is 1. The van der Waals surface area contributed by atoms with Gasteiger partial charge in [-0.3, -0.25) is 4.79 Å². The Morgan fingerprint density at radius 3 is 2.70 bits per heavy atom. The van der Waals surface area contributed by atoms with Crippen molar-refractivity contribution in [1.82, 2.24) is 0 Å². The Hall–Kier alpha value is -3.73. The van der Waals surface area contributed by atoms with Crippen LogP contribution < -0.4 is 21.1 Å². The van der Waals surface area contributed by atoms with E-state index in [1.165, 1.54) is 6.08 Å². The van der Waals surface area contributed by atoms with Crippen LogP contribution in [-0.4, -0.2) is 12.0 Å². The number of hydrogen-bond donors (Lipinski definition) is 3. The van der Waals surface area contributed by atoms with Gasteiger partial charge in [0.1, 0.15) is 5.75 Å². The lowest BCUT2D eigenvalue weighted by molar-refractivity contribution is -0.111. The number of anilines is 3. The second-order valence-corrected chi connectivity index (χ2v) is 7.35. The van der Waals surface area contributed by atoms with E-state index >= 15 is 0 Å². The zero-order valence-corrected chi connectivity index (χ0v) is 16.7. The number of benzene rings is 3. The van der Waals surface area contributed by atoms with Crippen LogP contribution in [0.3, 0.4) is 0 Å². The molecule has 4 rings (SSSR count). The van der Waals surface area contributed by atoms with Crippen LogP contribution in [0.1, 0.15) is 24.0 Å². The predicted molar refractivity (Wildman–Crippen MR) is 122 cm³/mol. The van der Waals surface area contributed by atoms with E-state index in [1.54, 1.807) is 18.2 Å². The normalized spacial score (nSPS) is 13.2. The molecule has 4 N–H and O–H groups in total. The summed E-state index contributed by atoms with van der Waals surface area (Å²) >= 11 is 0. The SMILES string of the molecule is Nc1ccccc1NC(=O)/C=C/c1cccc(CNc2cccc(OC3CC3)c2)c1. The molecule has 3 aromatic rings. The molecule has 1 aliphatic rings. The number of carbonyl (C=O) groups is 1. The summed E-state index contributed by atoms with van der Waals surface area (Å²) in [6.07, 6.45) is 5.99. The lowest BCUT2D eigenvalue weighted by Gasteiger charge is -2.10. The zero-order chi connectivity index (χ0) is 20.8. The van der Waals surface area contributed by atoms with E-state index in [-0.39, 0.29) is 5.91 Å². The van der Waals surface area contributed by atoms with E-state index in [1.807, 2.05) is 48.5 Å². The maximum absolute atomic E-state index is 12.2. The molecule has 1 amide bonds. The summed E-state index contributed by atoms with van der Waals surface area (Å²) in [4.78, 5) is 12.2. The number of nitrogens with two attached hydrogens (primary N) is 1. The molecule has 3 aromatic carbocycles. The van der Waals surface area contributed by atoms with E-state index in [9.17, 15) is 4.79 Å². The van der Waals surface area contributed by atoms with Crippen molar-refractivity contribution in [1.29, 1.82) is 0 Å². The van der Waals surface area contributed by atoms with Gasteiger partial charge in [-0.15, -0.1) is 0 Å². The molecule has 0 radical (unpaired) electrons. The average molecular weight is 399 g/mol. The van der Waals surface area contributed by atoms with Crippen molar-refractivity contribution in [3.63, 3.8) is 0 Å². The first-order chi connectivity index (χ1) is 14.7. The van der Waals surface area contributed by atoms with Gasteiger partial charge in [-0.2, -0.15) is 0 Å². The molecule has 0 spiro atoms. The summed E-state index contributed by atoms with van der Waals surface area (Å²) in [5, 5.41) is 6.22. The van der Waals surface area contributed by atoms with Crippen LogP contribution in [0.15, 0.2) is 78.9 Å². The second-order valence-electron chi connectivity index (χ2n) is 7.35.